The van der Waals surface area contributed by atoms with Crippen LogP contribution < -0.4 is 9.64 Å². The minimum atomic E-state index is 0.831. The number of ether oxygens (including phenoxy) is 1. The topological polar surface area (TPSA) is 12.5 Å². The van der Waals surface area contributed by atoms with E-state index in [-0.39, 0.29) is 0 Å². The molecule has 69 heavy (non-hydrogen) atoms. The lowest BCUT2D eigenvalue weighted by atomic mass is 9.92. The van der Waals surface area contributed by atoms with E-state index in [0.717, 1.165) is 50.8 Å². The van der Waals surface area contributed by atoms with Crippen LogP contribution in [0, 0.1) is 0 Å². The van der Waals surface area contributed by atoms with E-state index in [2.05, 4.69) is 248 Å². The number of hydrogen-bond donors (Lipinski definition) is 0. The predicted octanol–water partition coefficient (Wildman–Crippen LogP) is 19.5. The third-order valence-corrected chi connectivity index (χ3v) is 15.2. The number of rotatable bonds is 4. The number of benzene rings is 11. The first-order valence-corrected chi connectivity index (χ1v) is 24.4. The number of fused-ring (bicyclic) bond motifs is 19. The van der Waals surface area contributed by atoms with Crippen molar-refractivity contribution in [3.63, 3.8) is 0 Å². The predicted molar refractivity (Wildman–Crippen MR) is 296 cm³/mol. The van der Waals surface area contributed by atoms with Crippen LogP contribution in [0.2, 0.25) is 0 Å². The van der Waals surface area contributed by atoms with Gasteiger partial charge in [-0.25, -0.2) is 0 Å². The standard InChI is InChI=1S/C66H41NOS/c1-2-16-42(17-3-1)43-30-32-44(33-31-43)67(46-35-38-62-60(41-46)53-24-9-7-21-50(53)55-25-12-14-28-61(55)68-62)45-34-36-54-57-37-39-64-66(58-27-13-15-29-63(58)69-64)65(57)56-26-11-10-22-51(56)48-19-5-4-18-47(48)49-20-6-8-23-52(49)59(54)40-45/h1-41H. The average molecular weight is 896 g/mol. The van der Waals surface area contributed by atoms with Gasteiger partial charge in [-0.1, -0.05) is 188 Å². The fraction of sp³-hybridized carbons (Fsp3) is 0. The van der Waals surface area contributed by atoms with Crippen LogP contribution in [0.3, 0.4) is 0 Å². The number of nitrogens with zero attached hydrogens (tertiary/aromatic N) is 1. The third-order valence-electron chi connectivity index (χ3n) is 14.1. The number of hydrogen-bond acceptors (Lipinski definition) is 3. The summed E-state index contributed by atoms with van der Waals surface area (Å²) in [5, 5.41) is 14.7. The van der Waals surface area contributed by atoms with Gasteiger partial charge in [-0.2, -0.15) is 0 Å². The van der Waals surface area contributed by atoms with Gasteiger partial charge in [-0.15, -0.1) is 11.3 Å². The molecule has 0 aliphatic carbocycles. The van der Waals surface area contributed by atoms with E-state index in [1.54, 1.807) is 0 Å². The van der Waals surface area contributed by atoms with Crippen LogP contribution in [0.5, 0.6) is 11.5 Å². The Hall–Kier alpha value is -8.76. The lowest BCUT2D eigenvalue weighted by molar-refractivity contribution is 0.488. The highest BCUT2D eigenvalue weighted by Crippen LogP contribution is 2.50. The second-order valence-corrected chi connectivity index (χ2v) is 19.0. The second kappa shape index (κ2) is 16.0. The molecule has 2 heterocycles. The van der Waals surface area contributed by atoms with Gasteiger partial charge in [0, 0.05) is 48.4 Å². The molecule has 2 nitrogen and oxygen atoms in total. The summed E-state index contributed by atoms with van der Waals surface area (Å²) in [6, 6.07) is 91.0. The molecule has 12 aromatic carbocycles. The van der Waals surface area contributed by atoms with Gasteiger partial charge in [0.05, 0.1) is 0 Å². The molecule has 1 aromatic heterocycles. The van der Waals surface area contributed by atoms with Crippen molar-refractivity contribution in [2.45, 2.75) is 0 Å². The molecular formula is C66H41NOS. The molecular weight excluding hydrogens is 855 g/mol. The molecule has 0 atom stereocenters. The fourth-order valence-electron chi connectivity index (χ4n) is 11.0. The third kappa shape index (κ3) is 6.39. The minimum absolute atomic E-state index is 0.831. The zero-order valence-electron chi connectivity index (χ0n) is 37.4. The highest BCUT2D eigenvalue weighted by Gasteiger charge is 2.24. The van der Waals surface area contributed by atoms with Crippen molar-refractivity contribution < 1.29 is 4.74 Å². The molecule has 13 aromatic rings. The molecule has 0 N–H and O–H groups in total. The minimum Gasteiger partial charge on any atom is -0.456 e. The van der Waals surface area contributed by atoms with E-state index in [9.17, 15) is 0 Å². The second-order valence-electron chi connectivity index (χ2n) is 17.9. The van der Waals surface area contributed by atoms with Crippen molar-refractivity contribution in [2.24, 2.45) is 0 Å². The van der Waals surface area contributed by atoms with Crippen molar-refractivity contribution in [2.75, 3.05) is 4.90 Å². The van der Waals surface area contributed by atoms with Gasteiger partial charge in [-0.05, 0) is 137 Å². The molecule has 3 heteroatoms. The van der Waals surface area contributed by atoms with Gasteiger partial charge in [-0.3, -0.25) is 0 Å². The van der Waals surface area contributed by atoms with Crippen molar-refractivity contribution in [1.29, 1.82) is 0 Å². The van der Waals surface area contributed by atoms with Crippen molar-refractivity contribution in [1.82, 2.24) is 0 Å². The Morgan fingerprint density at radius 3 is 1.45 bits per heavy atom. The van der Waals surface area contributed by atoms with E-state index < -0.39 is 0 Å². The van der Waals surface area contributed by atoms with Crippen LogP contribution in [-0.2, 0) is 0 Å². The fourth-order valence-corrected chi connectivity index (χ4v) is 12.1. The van der Waals surface area contributed by atoms with Gasteiger partial charge in [0.1, 0.15) is 11.5 Å². The summed E-state index contributed by atoms with van der Waals surface area (Å²) >= 11 is 1.87. The van der Waals surface area contributed by atoms with Gasteiger partial charge in [0.25, 0.3) is 0 Å². The Labute approximate surface area is 403 Å². The first-order chi connectivity index (χ1) is 34.2. The summed E-state index contributed by atoms with van der Waals surface area (Å²) in [5.41, 5.74) is 9.92. The molecule has 1 aliphatic rings. The number of para-hydroxylation sites is 1. The first-order valence-electron chi connectivity index (χ1n) is 23.6. The van der Waals surface area contributed by atoms with E-state index >= 15 is 0 Å². The SMILES string of the molecule is c1ccc(-c2ccc(N(c3ccc4c(c3)-c3ccccc3-c3ccccc3O4)c3ccc4c(c3)c3ccccc3c3ccccc3c3ccccc3c3c4ccc4sc5ccccc5c43)cc2)cc1. The quantitative estimate of drug-likeness (QED) is 0.175. The molecule has 0 saturated heterocycles. The van der Waals surface area contributed by atoms with Gasteiger partial charge in [0.15, 0.2) is 0 Å². The van der Waals surface area contributed by atoms with E-state index in [0.29, 0.717) is 0 Å². The van der Waals surface area contributed by atoms with E-state index in [1.807, 2.05) is 17.4 Å². The van der Waals surface area contributed by atoms with Gasteiger partial charge < -0.3 is 9.64 Å². The zero-order chi connectivity index (χ0) is 45.4. The Kier molecular flexibility index (Phi) is 9.11. The molecule has 1 aliphatic heterocycles. The maximum absolute atomic E-state index is 6.78. The van der Waals surface area contributed by atoms with Crippen molar-refractivity contribution in [3.05, 3.63) is 249 Å². The monoisotopic (exact) mass is 895 g/mol. The Balaban J connectivity index is 1.11. The summed E-state index contributed by atoms with van der Waals surface area (Å²) < 4.78 is 9.36. The molecule has 14 rings (SSSR count). The van der Waals surface area contributed by atoms with Crippen molar-refractivity contribution in [3.8, 4) is 44.9 Å². The Morgan fingerprint density at radius 1 is 0.261 bits per heavy atom. The Bertz CT molecular complexity index is 4280. The van der Waals surface area contributed by atoms with Gasteiger partial charge in [0.2, 0.25) is 0 Å². The summed E-state index contributed by atoms with van der Waals surface area (Å²) in [4.78, 5) is 2.41. The molecule has 0 spiro atoms. The Morgan fingerprint density at radius 2 is 0.725 bits per heavy atom. The lowest BCUT2D eigenvalue weighted by Gasteiger charge is -2.27. The first kappa shape index (κ1) is 39.4. The van der Waals surface area contributed by atoms with Crippen LogP contribution in [0.15, 0.2) is 249 Å². The van der Waals surface area contributed by atoms with Crippen LogP contribution in [0.25, 0.3) is 107 Å². The van der Waals surface area contributed by atoms with Crippen LogP contribution in [0.4, 0.5) is 17.1 Å². The zero-order valence-corrected chi connectivity index (χ0v) is 38.3. The number of thiophene rings is 1. The summed E-state index contributed by atoms with van der Waals surface area (Å²) in [5.74, 6) is 1.69. The molecule has 0 radical (unpaired) electrons. The average Bonchev–Trinajstić information content (AvgIpc) is 3.74. The van der Waals surface area contributed by atoms with E-state index in [4.69, 9.17) is 4.74 Å². The maximum atomic E-state index is 6.78. The molecule has 0 unspecified atom stereocenters. The maximum Gasteiger partial charge on any atom is 0.135 e. The summed E-state index contributed by atoms with van der Waals surface area (Å²) in [7, 11) is 0. The lowest BCUT2D eigenvalue weighted by Crippen LogP contribution is -2.10. The van der Waals surface area contributed by atoms with E-state index in [1.165, 1.54) is 85.2 Å². The molecule has 0 amide bonds. The van der Waals surface area contributed by atoms with Crippen LogP contribution in [0.1, 0.15) is 0 Å². The summed E-state index contributed by atoms with van der Waals surface area (Å²) in [6.45, 7) is 0. The van der Waals surface area contributed by atoms with Crippen LogP contribution >= 0.6 is 11.3 Å². The van der Waals surface area contributed by atoms with Crippen molar-refractivity contribution >= 4 is 102 Å². The van der Waals surface area contributed by atoms with Gasteiger partial charge >= 0.3 is 0 Å². The highest BCUT2D eigenvalue weighted by atomic mass is 32.1. The summed E-state index contributed by atoms with van der Waals surface area (Å²) in [6.07, 6.45) is 0. The molecule has 0 fully saturated rings. The normalized spacial score (nSPS) is 11.9. The largest absolute Gasteiger partial charge is 0.456 e. The van der Waals surface area contributed by atoms with Crippen LogP contribution in [-0.4, -0.2) is 0 Å². The molecule has 322 valence electrons. The highest BCUT2D eigenvalue weighted by molar-refractivity contribution is 7.26. The number of anilines is 3. The smallest absolute Gasteiger partial charge is 0.135 e. The molecule has 0 bridgehead atoms. The molecule has 0 saturated carbocycles.